The summed E-state index contributed by atoms with van der Waals surface area (Å²) in [5.41, 5.74) is -7.80. The average Bonchev–Trinajstić information content (AvgIpc) is 0.663. The number of rotatable bonds is 23. The standard InChI is InChI=1S/C47H51NO14.2C29H31NO12/c1-26(49)59-36-32-22-31(60-43(55)37(57-6)35(28-16-10-7-11-17-28)48-41(53)29-18-12-8-13-19-29)24-47(56,44(32,3)4)40(61-42(54)30-20-14-9-15-21-30)38-45(5,39(36)52)33(51)23-34-46(38,25-58-34)62-27(2)50;1-11-24(34)17(30)6-20(41-11)42-18-8-29(39,19(33)10-40-12(2)32)7-16-21(18)28(38)23-22(27(16)37)25(35)14-4-3-13(9-31)5-15(14)26(23)36;1-11-24(35)17(30-12(2)33)6-20(41-11)42-18-8-29(40,19(34)10-32)7-16-21(18)28(39)23-22(27(16)38)25(36)14-4-3-13(9-31)5-15(14)26(23)37/h7-22,31,33-38,40,51,56H,23-25H2,1-6H3,(H,48,53);3-5,11,17-18,20,24,31,34,37-39H,6-10,30H2,1-2H3;3-5,11,17-18,20,24,31-32,35,38-40H,6-10H2,1-2H3,(H,30,33)/t31?,33-,34+,35?,36?,37+,38?,40?,45+,46?,47-;2*11?,17?,18-,20?,24?,29-/m000/s1. The molecule has 7 aromatic rings. The Labute approximate surface area is 833 Å². The highest BCUT2D eigenvalue weighted by Crippen LogP contribution is 2.65. The first-order chi connectivity index (χ1) is 69.0. The van der Waals surface area contributed by atoms with Crippen molar-refractivity contribution in [2.75, 3.05) is 26.9 Å². The van der Waals surface area contributed by atoms with Gasteiger partial charge in [0.2, 0.25) is 11.7 Å². The van der Waals surface area contributed by atoms with Crippen molar-refractivity contribution in [1.29, 1.82) is 0 Å². The summed E-state index contributed by atoms with van der Waals surface area (Å²) in [6.07, 6.45) is -19.3. The molecule has 2 saturated carbocycles. The number of Topliss-reactive ketones (excluding diaryl/α,β-unsaturated/α-hetero) is 3. The highest BCUT2D eigenvalue weighted by molar-refractivity contribution is 6.32. The first kappa shape index (κ1) is 107. The SMILES string of the molecule is CC(=O)NC1CC(O[C@H]2C[C@](O)(C(=O)CO)Cc3c(O)c4c(c(O)c32)C(=O)c2cc(CO)ccc2C4=O)OC(C)C1O.CC(=O)OCC(=O)[C@]1(O)Cc2c(O)c3c(c(O)c2[C@@H](OC2CC(N)C(O)C(C)O2)C1)C(=O)c1cc(CO)ccc1C3=O.CO[C@@H](C(=O)OC1C=C2C(OC(C)=O)C(=O)[C@@]3(C)C(C(OC(=O)c4ccccc4)[C@@](O)(C1)C2(C)C)C1(OC(C)=O)CO[C@@H]1C[C@@H]3O)C(NC(=O)c1ccccc1)c1ccccc1. The third kappa shape index (κ3) is 19.4. The Morgan fingerprint density at radius 1 is 0.562 bits per heavy atom. The molecule has 2 amide bonds. The molecular formula is C105H113N3O38. The van der Waals surface area contributed by atoms with Crippen LogP contribution in [-0.4, -0.2) is 284 Å². The van der Waals surface area contributed by atoms with Gasteiger partial charge in [-0.25, -0.2) is 9.59 Å². The van der Waals surface area contributed by atoms with Gasteiger partial charge in [0.05, 0.1) is 108 Å². The Morgan fingerprint density at radius 2 is 1.05 bits per heavy atom. The number of phenolic OH excluding ortho intramolecular Hbond substituents is 4. The van der Waals surface area contributed by atoms with Crippen LogP contribution in [-0.2, 0) is 117 Å². The molecular weight excluding hydrogens is 1910 g/mol. The number of phenols is 4. The number of aliphatic hydroxyl groups is 9. The summed E-state index contributed by atoms with van der Waals surface area (Å²) in [6.45, 7) is 9.31. The van der Waals surface area contributed by atoms with Crippen molar-refractivity contribution in [3.8, 4) is 23.0 Å². The van der Waals surface area contributed by atoms with Crippen LogP contribution in [0.1, 0.15) is 242 Å². The Kier molecular flexibility index (Phi) is 30.5. The zero-order valence-electron chi connectivity index (χ0n) is 80.9. The number of amides is 2. The summed E-state index contributed by atoms with van der Waals surface area (Å²) in [5.74, 6) is -15.6. The zero-order chi connectivity index (χ0) is 106. The fraction of sp³-hybridized carbons (Fsp3) is 0.448. The molecule has 41 heteroatoms. The van der Waals surface area contributed by atoms with Crippen molar-refractivity contribution in [1.82, 2.24) is 10.6 Å². The highest BCUT2D eigenvalue weighted by Gasteiger charge is 2.78. The number of nitrogens with two attached hydrogens (primary N) is 1. The minimum atomic E-state index is -2.34. The number of benzene rings is 7. The van der Waals surface area contributed by atoms with E-state index in [1.807, 2.05) is 0 Å². The van der Waals surface area contributed by atoms with Gasteiger partial charge in [0.25, 0.3) is 5.91 Å². The van der Waals surface area contributed by atoms with Crippen molar-refractivity contribution >= 4 is 82.1 Å². The van der Waals surface area contributed by atoms with Crippen LogP contribution in [0.4, 0.5) is 0 Å². The number of aromatic hydroxyl groups is 4. The number of ketones is 7. The maximum atomic E-state index is 15.4. The topological polar surface area (TPSA) is 654 Å². The number of aliphatic hydroxyl groups excluding tert-OH is 6. The molecule has 2 bridgehead atoms. The summed E-state index contributed by atoms with van der Waals surface area (Å²) in [4.78, 5) is 187. The van der Waals surface area contributed by atoms with E-state index >= 15 is 4.79 Å². The van der Waals surface area contributed by atoms with E-state index in [2.05, 4.69) is 10.6 Å². The molecule has 3 heterocycles. The minimum Gasteiger partial charge on any atom is -0.507 e. The average molecular weight is 2030 g/mol. The molecule has 776 valence electrons. The molecule has 23 atom stereocenters. The molecule has 3 saturated heterocycles. The number of fused-ring (bicyclic) bond motifs is 11. The lowest BCUT2D eigenvalue weighted by Crippen LogP contribution is -2.81. The van der Waals surface area contributed by atoms with Gasteiger partial charge >= 0.3 is 29.8 Å². The minimum absolute atomic E-state index is 0.00337. The van der Waals surface area contributed by atoms with E-state index in [0.717, 1.165) is 20.8 Å². The number of hydrogen-bond donors (Lipinski definition) is 16. The molecule has 3 aliphatic heterocycles. The third-order valence-electron chi connectivity index (χ3n) is 29.6. The largest absolute Gasteiger partial charge is 0.507 e. The van der Waals surface area contributed by atoms with E-state index in [-0.39, 0.29) is 81.5 Å². The van der Waals surface area contributed by atoms with Gasteiger partial charge < -0.3 is 135 Å². The molecule has 7 aromatic carbocycles. The van der Waals surface area contributed by atoms with Gasteiger partial charge in [0, 0.05) is 148 Å². The molecule has 41 nitrogen and oxygen atoms in total. The van der Waals surface area contributed by atoms with Gasteiger partial charge in [-0.2, -0.15) is 0 Å². The smallest absolute Gasteiger partial charge is 0.338 e. The number of nitrogens with one attached hydrogen (secondary N) is 2. The van der Waals surface area contributed by atoms with Crippen LogP contribution >= 0.6 is 0 Å². The van der Waals surface area contributed by atoms with Crippen molar-refractivity contribution in [2.45, 2.75) is 253 Å². The third-order valence-corrected chi connectivity index (χ3v) is 29.6. The molecule has 0 spiro atoms. The fourth-order valence-corrected chi connectivity index (χ4v) is 21.9. The lowest BCUT2D eigenvalue weighted by atomic mass is 9.45. The van der Waals surface area contributed by atoms with Crippen LogP contribution in [0.3, 0.4) is 0 Å². The van der Waals surface area contributed by atoms with E-state index in [1.165, 1.54) is 82.5 Å². The quantitative estimate of drug-likeness (QED) is 0.0188. The summed E-state index contributed by atoms with van der Waals surface area (Å²) < 4.78 is 64.5. The molecule has 5 fully saturated rings. The predicted octanol–water partition coefficient (Wildman–Crippen LogP) is 3.72. The monoisotopic (exact) mass is 2020 g/mol. The Hall–Kier alpha value is -13.2. The second-order valence-electron chi connectivity index (χ2n) is 39.0. The number of esters is 5. The number of ether oxygens (including phenoxy) is 11. The normalized spacial score (nSPS) is 29.8. The van der Waals surface area contributed by atoms with Crippen molar-refractivity contribution in [3.05, 3.63) is 234 Å². The number of hydrogen-bond acceptors (Lipinski definition) is 39. The Bertz CT molecular complexity index is 6430. The second-order valence-corrected chi connectivity index (χ2v) is 39.0. The van der Waals surface area contributed by atoms with E-state index in [0.29, 0.717) is 22.3 Å². The van der Waals surface area contributed by atoms with Gasteiger partial charge in [-0.05, 0) is 97.6 Å². The summed E-state index contributed by atoms with van der Waals surface area (Å²) in [5, 5.41) is 149. The van der Waals surface area contributed by atoms with Crippen molar-refractivity contribution in [2.24, 2.45) is 22.5 Å². The maximum absolute atomic E-state index is 15.4. The number of carbonyl (C=O) groups excluding carboxylic acids is 14. The summed E-state index contributed by atoms with van der Waals surface area (Å²) in [6, 6.07) is 30.4. The van der Waals surface area contributed by atoms with E-state index in [9.17, 15) is 129 Å². The van der Waals surface area contributed by atoms with Crippen LogP contribution in [0.25, 0.3) is 0 Å². The molecule has 146 heavy (non-hydrogen) atoms. The van der Waals surface area contributed by atoms with E-state index in [1.54, 1.807) is 99.6 Å². The van der Waals surface area contributed by atoms with Crippen LogP contribution in [0, 0.1) is 16.7 Å². The van der Waals surface area contributed by atoms with Gasteiger partial charge in [0.1, 0.15) is 70.8 Å². The van der Waals surface area contributed by atoms with Crippen molar-refractivity contribution < 1.29 is 186 Å². The number of carbonyl (C=O) groups is 14. The Balaban J connectivity index is 0.000000169. The van der Waals surface area contributed by atoms with Crippen molar-refractivity contribution in [3.63, 3.8) is 0 Å². The lowest BCUT2D eigenvalue weighted by molar-refractivity contribution is -0.345. The van der Waals surface area contributed by atoms with Crippen LogP contribution in [0.15, 0.2) is 139 Å². The number of methoxy groups -OCH3 is 1. The molecule has 17 N–H and O–H groups in total. The molecule has 14 unspecified atom stereocenters. The lowest BCUT2D eigenvalue weighted by Gasteiger charge is -2.67. The zero-order valence-corrected chi connectivity index (χ0v) is 80.9. The van der Waals surface area contributed by atoms with Gasteiger partial charge in [-0.1, -0.05) is 92.7 Å². The van der Waals surface area contributed by atoms with Crippen LogP contribution in [0.2, 0.25) is 0 Å². The molecule has 0 radical (unpaired) electrons. The molecule has 17 rings (SSSR count). The highest BCUT2D eigenvalue weighted by atomic mass is 16.7. The summed E-state index contributed by atoms with van der Waals surface area (Å²) in [7, 11) is 1.27. The Morgan fingerprint density at radius 3 is 1.53 bits per heavy atom. The fourth-order valence-electron chi connectivity index (χ4n) is 21.9. The van der Waals surface area contributed by atoms with Crippen LogP contribution in [0.5, 0.6) is 23.0 Å². The first-order valence-electron chi connectivity index (χ1n) is 47.2. The van der Waals surface area contributed by atoms with E-state index < -0.39 is 329 Å². The van der Waals surface area contributed by atoms with Gasteiger partial charge in [-0.15, -0.1) is 0 Å². The summed E-state index contributed by atoms with van der Waals surface area (Å²) >= 11 is 0. The second kappa shape index (κ2) is 41.6. The van der Waals surface area contributed by atoms with Gasteiger partial charge in [0.15, 0.2) is 71.7 Å². The molecule has 7 aliphatic carbocycles. The van der Waals surface area contributed by atoms with Crippen LogP contribution < -0.4 is 16.4 Å². The molecule has 0 aromatic heterocycles. The van der Waals surface area contributed by atoms with Gasteiger partial charge in [-0.3, -0.25) is 57.5 Å². The molecule has 10 aliphatic rings. The first-order valence-corrected chi connectivity index (χ1v) is 47.2. The van der Waals surface area contributed by atoms with E-state index in [4.69, 9.17) is 57.8 Å². The predicted molar refractivity (Wildman–Crippen MR) is 499 cm³/mol. The maximum Gasteiger partial charge on any atom is 0.338 e.